The lowest BCUT2D eigenvalue weighted by Crippen LogP contribution is -2.07. The Labute approximate surface area is 208 Å². The number of hydrogen-bond donors (Lipinski definition) is 3. The number of aromatic amines is 2. The lowest BCUT2D eigenvalue weighted by atomic mass is 10.0. The number of H-pyrrole nitrogens is 2. The highest BCUT2D eigenvalue weighted by atomic mass is 19.4. The maximum Gasteiger partial charge on any atom is 0.431 e. The molecule has 0 aliphatic heterocycles. The Kier molecular flexibility index (Phi) is 6.40. The van der Waals surface area contributed by atoms with Crippen LogP contribution < -0.4 is 5.32 Å². The number of halogens is 5. The molecule has 6 rings (SSSR count). The van der Waals surface area contributed by atoms with Crippen LogP contribution in [0.2, 0.25) is 0 Å². The van der Waals surface area contributed by atoms with Crippen LogP contribution in [-0.2, 0) is 6.18 Å². The van der Waals surface area contributed by atoms with E-state index in [1.165, 1.54) is 24.3 Å². The van der Waals surface area contributed by atoms with Crippen molar-refractivity contribution < 1.29 is 22.0 Å². The topological polar surface area (TPSA) is 43.6 Å². The van der Waals surface area contributed by atoms with Gasteiger partial charge in [-0.3, -0.25) is 0 Å². The first-order chi connectivity index (χ1) is 17.8. The standard InChI is InChI=1S/C21H15F3N2.C8H5F2N/c22-21(23,24)20-19(17-8-4-5-9-18(17)26-20)14-10-12-16(13-11-14)25-15-6-2-1-3-7-15;9-6-1-2-7-5(3-6)4-8(10)11-7/h1-13,25-26H;1-4,11H. The van der Waals surface area contributed by atoms with E-state index in [1.54, 1.807) is 48.5 Å². The van der Waals surface area contributed by atoms with Crippen LogP contribution in [0.3, 0.4) is 0 Å². The second kappa shape index (κ2) is 9.81. The molecule has 37 heavy (non-hydrogen) atoms. The summed E-state index contributed by atoms with van der Waals surface area (Å²) in [6, 6.07) is 28.7. The molecular formula is C29H20F5N3. The quantitative estimate of drug-likeness (QED) is 0.206. The van der Waals surface area contributed by atoms with Crippen molar-refractivity contribution in [3.63, 3.8) is 0 Å². The number of rotatable bonds is 3. The fraction of sp³-hybridized carbons (Fsp3) is 0.0345. The van der Waals surface area contributed by atoms with Crippen molar-refractivity contribution >= 4 is 33.2 Å². The zero-order chi connectivity index (χ0) is 26.0. The number of anilines is 2. The van der Waals surface area contributed by atoms with Crippen LogP contribution in [0.1, 0.15) is 5.69 Å². The van der Waals surface area contributed by atoms with Crippen molar-refractivity contribution in [2.75, 3.05) is 5.32 Å². The van der Waals surface area contributed by atoms with Gasteiger partial charge >= 0.3 is 6.18 Å². The highest BCUT2D eigenvalue weighted by Gasteiger charge is 2.36. The van der Waals surface area contributed by atoms with E-state index in [0.29, 0.717) is 27.4 Å². The zero-order valence-corrected chi connectivity index (χ0v) is 19.2. The van der Waals surface area contributed by atoms with Crippen LogP contribution in [0.5, 0.6) is 0 Å². The second-order valence-electron chi connectivity index (χ2n) is 8.34. The first-order valence-electron chi connectivity index (χ1n) is 11.3. The average Bonchev–Trinajstić information content (AvgIpc) is 3.45. The van der Waals surface area contributed by atoms with Gasteiger partial charge in [-0.2, -0.15) is 17.6 Å². The summed E-state index contributed by atoms with van der Waals surface area (Å²) in [6.07, 6.45) is -4.45. The van der Waals surface area contributed by atoms with Gasteiger partial charge in [0.25, 0.3) is 0 Å². The van der Waals surface area contributed by atoms with Crippen LogP contribution in [0, 0.1) is 11.8 Å². The summed E-state index contributed by atoms with van der Waals surface area (Å²) >= 11 is 0. The maximum atomic E-state index is 13.5. The van der Waals surface area contributed by atoms with E-state index >= 15 is 0 Å². The van der Waals surface area contributed by atoms with Crippen LogP contribution in [0.15, 0.2) is 103 Å². The maximum absolute atomic E-state index is 13.5. The Morgan fingerprint density at radius 3 is 2.03 bits per heavy atom. The molecule has 0 bridgehead atoms. The van der Waals surface area contributed by atoms with Crippen molar-refractivity contribution in [2.45, 2.75) is 6.18 Å². The molecule has 0 aliphatic rings. The summed E-state index contributed by atoms with van der Waals surface area (Å²) in [5.74, 6) is -0.790. The molecule has 0 saturated heterocycles. The third-order valence-electron chi connectivity index (χ3n) is 5.78. The molecule has 0 radical (unpaired) electrons. The smallest absolute Gasteiger partial charge is 0.356 e. The van der Waals surface area contributed by atoms with Gasteiger partial charge in [0, 0.05) is 44.8 Å². The van der Waals surface area contributed by atoms with Crippen molar-refractivity contribution in [1.82, 2.24) is 9.97 Å². The van der Waals surface area contributed by atoms with E-state index in [1.807, 2.05) is 30.3 Å². The minimum absolute atomic E-state index is 0.180. The van der Waals surface area contributed by atoms with Gasteiger partial charge in [-0.1, -0.05) is 48.5 Å². The summed E-state index contributed by atoms with van der Waals surface area (Å²) < 4.78 is 65.5. The molecular weight excluding hydrogens is 485 g/mol. The van der Waals surface area contributed by atoms with E-state index < -0.39 is 17.8 Å². The molecule has 0 saturated carbocycles. The fourth-order valence-electron chi connectivity index (χ4n) is 4.13. The van der Waals surface area contributed by atoms with Gasteiger partial charge in [-0.15, -0.1) is 0 Å². The summed E-state index contributed by atoms with van der Waals surface area (Å²) in [6.45, 7) is 0. The van der Waals surface area contributed by atoms with Gasteiger partial charge in [0.1, 0.15) is 11.5 Å². The normalized spacial score (nSPS) is 11.4. The first kappa shape index (κ1) is 24.1. The van der Waals surface area contributed by atoms with E-state index in [-0.39, 0.29) is 11.4 Å². The van der Waals surface area contributed by atoms with Crippen LogP contribution in [-0.4, -0.2) is 9.97 Å². The predicted octanol–water partition coefficient (Wildman–Crippen LogP) is 9.04. The Morgan fingerprint density at radius 1 is 0.622 bits per heavy atom. The SMILES string of the molecule is FC(F)(F)c1[nH]c2ccccc2c1-c1ccc(Nc2ccccc2)cc1.Fc1ccc2[nH]c(F)cc2c1. The molecule has 0 spiro atoms. The van der Waals surface area contributed by atoms with Crippen molar-refractivity contribution in [3.8, 4) is 11.1 Å². The van der Waals surface area contributed by atoms with E-state index in [0.717, 1.165) is 11.4 Å². The summed E-state index contributed by atoms with van der Waals surface area (Å²) in [5, 5.41) is 4.35. The molecule has 3 nitrogen and oxygen atoms in total. The lowest BCUT2D eigenvalue weighted by molar-refractivity contribution is -0.140. The van der Waals surface area contributed by atoms with Crippen LogP contribution in [0.4, 0.5) is 33.3 Å². The molecule has 2 heterocycles. The molecule has 0 amide bonds. The number of hydrogen-bond acceptors (Lipinski definition) is 1. The first-order valence-corrected chi connectivity index (χ1v) is 11.3. The van der Waals surface area contributed by atoms with Gasteiger partial charge in [0.2, 0.25) is 0 Å². The van der Waals surface area contributed by atoms with Gasteiger partial charge in [-0.05, 0) is 54.1 Å². The number of alkyl halides is 3. The van der Waals surface area contributed by atoms with Crippen LogP contribution >= 0.6 is 0 Å². The minimum Gasteiger partial charge on any atom is -0.356 e. The average molecular weight is 505 g/mol. The largest absolute Gasteiger partial charge is 0.431 e. The third kappa shape index (κ3) is 5.33. The lowest BCUT2D eigenvalue weighted by Gasteiger charge is -2.10. The van der Waals surface area contributed by atoms with Gasteiger partial charge in [0.15, 0.2) is 5.95 Å². The predicted molar refractivity (Wildman–Crippen MR) is 137 cm³/mol. The molecule has 186 valence electrons. The Hall–Kier alpha value is -4.59. The van der Waals surface area contributed by atoms with Gasteiger partial charge in [0.05, 0.1) is 0 Å². The number of aromatic nitrogens is 2. The van der Waals surface area contributed by atoms with Crippen molar-refractivity contribution in [1.29, 1.82) is 0 Å². The van der Waals surface area contributed by atoms with Crippen LogP contribution in [0.25, 0.3) is 32.9 Å². The summed E-state index contributed by atoms with van der Waals surface area (Å²) in [7, 11) is 0. The minimum atomic E-state index is -4.45. The molecule has 0 unspecified atom stereocenters. The number of para-hydroxylation sites is 2. The molecule has 8 heteroatoms. The number of benzene rings is 4. The summed E-state index contributed by atoms with van der Waals surface area (Å²) in [5.41, 5.74) is 2.80. The van der Waals surface area contributed by atoms with Crippen molar-refractivity contribution in [3.05, 3.63) is 121 Å². The third-order valence-corrected chi connectivity index (χ3v) is 5.78. The second-order valence-corrected chi connectivity index (χ2v) is 8.34. The van der Waals surface area contributed by atoms with Gasteiger partial charge in [-0.25, -0.2) is 4.39 Å². The highest BCUT2D eigenvalue weighted by Crippen LogP contribution is 2.41. The Bertz CT molecular complexity index is 1650. The molecule has 6 aromatic rings. The molecule has 2 aromatic heterocycles. The fourth-order valence-corrected chi connectivity index (χ4v) is 4.13. The Balaban J connectivity index is 0.000000212. The van der Waals surface area contributed by atoms with E-state index in [4.69, 9.17) is 0 Å². The summed E-state index contributed by atoms with van der Waals surface area (Å²) in [4.78, 5) is 4.97. The molecule has 4 aromatic carbocycles. The molecule has 0 fully saturated rings. The number of nitrogens with one attached hydrogen (secondary N) is 3. The van der Waals surface area contributed by atoms with E-state index in [2.05, 4.69) is 15.3 Å². The molecule has 0 aliphatic carbocycles. The molecule has 0 atom stereocenters. The number of fused-ring (bicyclic) bond motifs is 2. The molecule has 3 N–H and O–H groups in total. The van der Waals surface area contributed by atoms with Gasteiger partial charge < -0.3 is 15.3 Å². The zero-order valence-electron chi connectivity index (χ0n) is 19.2. The Morgan fingerprint density at radius 2 is 1.30 bits per heavy atom. The van der Waals surface area contributed by atoms with Crippen molar-refractivity contribution in [2.24, 2.45) is 0 Å². The monoisotopic (exact) mass is 505 g/mol. The highest BCUT2D eigenvalue weighted by molar-refractivity contribution is 5.98. The van der Waals surface area contributed by atoms with E-state index in [9.17, 15) is 22.0 Å².